The van der Waals surface area contributed by atoms with Gasteiger partial charge in [-0.25, -0.2) is 4.68 Å². The number of terminal acetylenes is 1. The first-order chi connectivity index (χ1) is 18.1. The quantitative estimate of drug-likeness (QED) is 0.212. The molecule has 0 bridgehead atoms. The lowest BCUT2D eigenvalue weighted by molar-refractivity contribution is 0.0228. The summed E-state index contributed by atoms with van der Waals surface area (Å²) in [7, 11) is 1.61. The number of furan rings is 1. The molecule has 192 valence electrons. The Balaban J connectivity index is 1.69. The number of aliphatic hydroxyl groups excluding tert-OH is 1. The van der Waals surface area contributed by atoms with Crippen molar-refractivity contribution in [2.45, 2.75) is 26.1 Å². The third-order valence-electron chi connectivity index (χ3n) is 5.72. The van der Waals surface area contributed by atoms with Crippen molar-refractivity contribution in [3.05, 3.63) is 90.0 Å². The van der Waals surface area contributed by atoms with Gasteiger partial charge in [-0.1, -0.05) is 36.3 Å². The standard InChI is InChI=1S/C29H31N3O5/c1-4-16-35-21-24(33)18-31(19-25-13-10-17-36-25)20-26-22(2)30-32(23-11-6-5-7-12-23)29(26)37-28-15-9-8-14-27(28)34-3/h1,5-15,17,24,33H,16,18-21H2,2-3H3. The van der Waals surface area contributed by atoms with Crippen molar-refractivity contribution in [2.75, 3.05) is 26.9 Å². The van der Waals surface area contributed by atoms with Crippen LogP contribution in [0.25, 0.3) is 5.69 Å². The maximum absolute atomic E-state index is 10.6. The van der Waals surface area contributed by atoms with Gasteiger partial charge in [0.25, 0.3) is 0 Å². The summed E-state index contributed by atoms with van der Waals surface area (Å²) in [6.07, 6.45) is 6.15. The highest BCUT2D eigenvalue weighted by atomic mass is 16.5. The van der Waals surface area contributed by atoms with Crippen molar-refractivity contribution in [1.29, 1.82) is 0 Å². The zero-order chi connectivity index (χ0) is 26.0. The Morgan fingerprint density at radius 2 is 1.81 bits per heavy atom. The number of aliphatic hydroxyl groups is 1. The van der Waals surface area contributed by atoms with Gasteiger partial charge in [0.15, 0.2) is 11.5 Å². The fraction of sp³-hybridized carbons (Fsp3) is 0.276. The molecular weight excluding hydrogens is 470 g/mol. The third-order valence-corrected chi connectivity index (χ3v) is 5.72. The number of aromatic nitrogens is 2. The van der Waals surface area contributed by atoms with Gasteiger partial charge < -0.3 is 23.7 Å². The molecule has 4 aromatic rings. The molecule has 2 heterocycles. The third kappa shape index (κ3) is 6.80. The maximum Gasteiger partial charge on any atom is 0.227 e. The van der Waals surface area contributed by atoms with E-state index in [1.807, 2.05) is 73.7 Å². The number of nitrogens with zero attached hydrogens (tertiary/aromatic N) is 3. The lowest BCUT2D eigenvalue weighted by Gasteiger charge is -2.24. The molecule has 37 heavy (non-hydrogen) atoms. The van der Waals surface area contributed by atoms with Crippen molar-refractivity contribution < 1.29 is 23.7 Å². The van der Waals surface area contributed by atoms with Crippen LogP contribution in [0.4, 0.5) is 0 Å². The second-order valence-corrected chi connectivity index (χ2v) is 8.49. The predicted octanol–water partition coefficient (Wildman–Crippen LogP) is 4.59. The summed E-state index contributed by atoms with van der Waals surface area (Å²) in [5, 5.41) is 15.5. The SMILES string of the molecule is C#CCOCC(O)CN(Cc1ccco1)Cc1c(C)nn(-c2ccccc2)c1Oc1ccccc1OC. The van der Waals surface area contributed by atoms with Crippen LogP contribution in [0.5, 0.6) is 17.4 Å². The number of aryl methyl sites for hydroxylation is 1. The topological polar surface area (TPSA) is 82.1 Å². The van der Waals surface area contributed by atoms with Crippen LogP contribution in [0.15, 0.2) is 77.4 Å². The van der Waals surface area contributed by atoms with Gasteiger partial charge in [0.05, 0.1) is 49.6 Å². The summed E-state index contributed by atoms with van der Waals surface area (Å²) in [5.41, 5.74) is 2.54. The second-order valence-electron chi connectivity index (χ2n) is 8.49. The zero-order valence-corrected chi connectivity index (χ0v) is 21.0. The maximum atomic E-state index is 10.6. The highest BCUT2D eigenvalue weighted by molar-refractivity contribution is 5.47. The predicted molar refractivity (Wildman–Crippen MR) is 140 cm³/mol. The summed E-state index contributed by atoms with van der Waals surface area (Å²) < 4.78 is 24.7. The lowest BCUT2D eigenvalue weighted by Crippen LogP contribution is -2.34. The van der Waals surface area contributed by atoms with Crippen molar-refractivity contribution in [3.63, 3.8) is 0 Å². The molecule has 2 aromatic carbocycles. The molecule has 1 atom stereocenters. The lowest BCUT2D eigenvalue weighted by atomic mass is 10.2. The van der Waals surface area contributed by atoms with Crippen LogP contribution in [-0.2, 0) is 17.8 Å². The fourth-order valence-corrected chi connectivity index (χ4v) is 4.01. The van der Waals surface area contributed by atoms with E-state index < -0.39 is 6.10 Å². The molecule has 1 N–H and O–H groups in total. The van der Waals surface area contributed by atoms with Crippen LogP contribution >= 0.6 is 0 Å². The van der Waals surface area contributed by atoms with Crippen LogP contribution < -0.4 is 9.47 Å². The van der Waals surface area contributed by atoms with Gasteiger partial charge in [-0.3, -0.25) is 4.90 Å². The highest BCUT2D eigenvalue weighted by Crippen LogP contribution is 2.36. The van der Waals surface area contributed by atoms with Gasteiger partial charge in [-0.2, -0.15) is 5.10 Å². The number of hydrogen-bond donors (Lipinski definition) is 1. The number of para-hydroxylation sites is 3. The first-order valence-electron chi connectivity index (χ1n) is 12.0. The van der Waals surface area contributed by atoms with Crippen molar-refractivity contribution in [1.82, 2.24) is 14.7 Å². The minimum Gasteiger partial charge on any atom is -0.493 e. The van der Waals surface area contributed by atoms with Crippen LogP contribution in [0, 0.1) is 19.3 Å². The summed E-state index contributed by atoms with van der Waals surface area (Å²) >= 11 is 0. The van der Waals surface area contributed by atoms with E-state index in [0.717, 1.165) is 22.7 Å². The molecule has 0 spiro atoms. The fourth-order valence-electron chi connectivity index (χ4n) is 4.01. The molecule has 4 rings (SSSR count). The second kappa shape index (κ2) is 12.8. The molecule has 8 nitrogen and oxygen atoms in total. The van der Waals surface area contributed by atoms with Gasteiger partial charge >= 0.3 is 0 Å². The molecule has 0 radical (unpaired) electrons. The number of methoxy groups -OCH3 is 1. The first kappa shape index (κ1) is 26.0. The number of rotatable bonds is 13. The molecule has 0 aliphatic rings. The average Bonchev–Trinajstić information content (AvgIpc) is 3.53. The Morgan fingerprint density at radius 3 is 2.51 bits per heavy atom. The zero-order valence-electron chi connectivity index (χ0n) is 21.0. The monoisotopic (exact) mass is 501 g/mol. The summed E-state index contributed by atoms with van der Waals surface area (Å²) in [6, 6.07) is 21.0. The highest BCUT2D eigenvalue weighted by Gasteiger charge is 2.24. The summed E-state index contributed by atoms with van der Waals surface area (Å²) in [4.78, 5) is 2.07. The minimum atomic E-state index is -0.744. The summed E-state index contributed by atoms with van der Waals surface area (Å²) in [6.45, 7) is 3.47. The molecule has 0 amide bonds. The van der Waals surface area contributed by atoms with E-state index >= 15 is 0 Å². The van der Waals surface area contributed by atoms with Gasteiger partial charge in [-0.15, -0.1) is 6.42 Å². The summed E-state index contributed by atoms with van der Waals surface area (Å²) in [5.74, 6) is 4.94. The minimum absolute atomic E-state index is 0.131. The van der Waals surface area contributed by atoms with E-state index in [1.54, 1.807) is 18.1 Å². The number of hydrogen-bond acceptors (Lipinski definition) is 7. The smallest absolute Gasteiger partial charge is 0.227 e. The number of ether oxygens (including phenoxy) is 3. The molecule has 0 fully saturated rings. The van der Waals surface area contributed by atoms with Crippen molar-refractivity contribution >= 4 is 0 Å². The van der Waals surface area contributed by atoms with Crippen LogP contribution in [0.2, 0.25) is 0 Å². The Kier molecular flexibility index (Phi) is 9.00. The van der Waals surface area contributed by atoms with Gasteiger partial charge in [0.2, 0.25) is 5.88 Å². The van der Waals surface area contributed by atoms with E-state index in [4.69, 9.17) is 30.1 Å². The molecule has 0 saturated carbocycles. The van der Waals surface area contributed by atoms with E-state index in [1.165, 1.54) is 0 Å². The van der Waals surface area contributed by atoms with E-state index in [-0.39, 0.29) is 13.2 Å². The Labute approximate surface area is 217 Å². The van der Waals surface area contributed by atoms with Gasteiger partial charge in [0, 0.05) is 13.1 Å². The Hall–Kier alpha value is -4.03. The largest absolute Gasteiger partial charge is 0.493 e. The van der Waals surface area contributed by atoms with Gasteiger partial charge in [0.1, 0.15) is 12.4 Å². The first-order valence-corrected chi connectivity index (χ1v) is 12.0. The molecule has 8 heteroatoms. The van der Waals surface area contributed by atoms with Crippen LogP contribution in [-0.4, -0.2) is 52.8 Å². The van der Waals surface area contributed by atoms with E-state index in [0.29, 0.717) is 37.0 Å². The average molecular weight is 502 g/mol. The molecule has 0 aliphatic carbocycles. The molecule has 2 aromatic heterocycles. The molecule has 1 unspecified atom stereocenters. The van der Waals surface area contributed by atoms with E-state index in [2.05, 4.69) is 10.8 Å². The molecular formula is C29H31N3O5. The van der Waals surface area contributed by atoms with E-state index in [9.17, 15) is 5.11 Å². The molecule has 0 saturated heterocycles. The number of benzene rings is 2. The van der Waals surface area contributed by atoms with Crippen molar-refractivity contribution in [2.24, 2.45) is 0 Å². The Bertz CT molecular complexity index is 1300. The van der Waals surface area contributed by atoms with Gasteiger partial charge in [-0.05, 0) is 43.3 Å². The van der Waals surface area contributed by atoms with Crippen LogP contribution in [0.1, 0.15) is 17.0 Å². The Morgan fingerprint density at radius 1 is 1.05 bits per heavy atom. The van der Waals surface area contributed by atoms with Crippen molar-refractivity contribution in [3.8, 4) is 35.4 Å². The normalized spacial score (nSPS) is 11.9. The molecule has 0 aliphatic heterocycles. The van der Waals surface area contributed by atoms with Crippen LogP contribution in [0.3, 0.4) is 0 Å².